The van der Waals surface area contributed by atoms with Crippen molar-refractivity contribution in [3.63, 3.8) is 0 Å². The molecule has 1 fully saturated rings. The summed E-state index contributed by atoms with van der Waals surface area (Å²) in [4.78, 5) is 24.8. The fraction of sp³-hybridized carbons (Fsp3) is 0.545. The first-order valence-corrected chi connectivity index (χ1v) is 11.8. The van der Waals surface area contributed by atoms with Gasteiger partial charge in [-0.3, -0.25) is 9.59 Å². The van der Waals surface area contributed by atoms with Crippen molar-refractivity contribution in [2.45, 2.75) is 63.8 Å². The van der Waals surface area contributed by atoms with Crippen LogP contribution >= 0.6 is 11.8 Å². The van der Waals surface area contributed by atoms with Gasteiger partial charge >= 0.3 is 0 Å². The number of hydrogen-bond acceptors (Lipinski definition) is 6. The van der Waals surface area contributed by atoms with Crippen LogP contribution in [-0.4, -0.2) is 45.5 Å². The van der Waals surface area contributed by atoms with Gasteiger partial charge in [0.05, 0.1) is 19.4 Å². The van der Waals surface area contributed by atoms with E-state index in [1.165, 1.54) is 31.0 Å². The molecule has 1 aliphatic carbocycles. The van der Waals surface area contributed by atoms with Crippen molar-refractivity contribution in [2.75, 3.05) is 12.9 Å². The van der Waals surface area contributed by atoms with E-state index in [2.05, 4.69) is 27.8 Å². The zero-order valence-corrected chi connectivity index (χ0v) is 19.2. The molecule has 0 unspecified atom stereocenters. The standard InChI is InChI=1S/C22H31N5O3S/c1-4-27-19(13-23-21(29)16-9-11-17(30-3)12-10-16)25-26-22(27)31-14-20(28)24-18-8-6-5-7-15(18)2/h9-12,15,18H,4-8,13-14H2,1-3H3,(H,23,29)(H,24,28)/t15-,18+/m0/s1. The largest absolute Gasteiger partial charge is 0.497 e. The van der Waals surface area contributed by atoms with Gasteiger partial charge in [-0.05, 0) is 49.9 Å². The third-order valence-corrected chi connectivity index (χ3v) is 6.63. The SMILES string of the molecule is CCn1c(CNC(=O)c2ccc(OC)cc2)nnc1SCC(=O)N[C@@H]1CCCC[C@@H]1C. The van der Waals surface area contributed by atoms with Crippen LogP contribution in [-0.2, 0) is 17.9 Å². The Hall–Kier alpha value is -2.55. The molecular weight excluding hydrogens is 414 g/mol. The van der Waals surface area contributed by atoms with Crippen LogP contribution in [0.25, 0.3) is 0 Å². The Kier molecular flexibility index (Phi) is 8.34. The van der Waals surface area contributed by atoms with Gasteiger partial charge in [-0.2, -0.15) is 0 Å². The van der Waals surface area contributed by atoms with Gasteiger partial charge in [0.15, 0.2) is 11.0 Å². The molecule has 1 aromatic carbocycles. The molecular formula is C22H31N5O3S. The maximum absolute atomic E-state index is 12.4. The number of aromatic nitrogens is 3. The molecule has 0 bridgehead atoms. The number of methoxy groups -OCH3 is 1. The van der Waals surface area contributed by atoms with E-state index in [9.17, 15) is 9.59 Å². The highest BCUT2D eigenvalue weighted by Gasteiger charge is 2.23. The van der Waals surface area contributed by atoms with Crippen LogP contribution in [0.1, 0.15) is 55.7 Å². The number of benzene rings is 1. The first-order valence-electron chi connectivity index (χ1n) is 10.8. The topological polar surface area (TPSA) is 98.1 Å². The van der Waals surface area contributed by atoms with Crippen molar-refractivity contribution >= 4 is 23.6 Å². The van der Waals surface area contributed by atoms with E-state index in [1.54, 1.807) is 31.4 Å². The number of amides is 2. The Morgan fingerprint density at radius 2 is 1.94 bits per heavy atom. The lowest BCUT2D eigenvalue weighted by molar-refractivity contribution is -0.119. The second-order valence-corrected chi connectivity index (χ2v) is 8.72. The van der Waals surface area contributed by atoms with Crippen LogP contribution in [0.15, 0.2) is 29.4 Å². The number of carbonyl (C=O) groups is 2. The molecule has 168 valence electrons. The van der Waals surface area contributed by atoms with Crippen LogP contribution in [0.2, 0.25) is 0 Å². The summed E-state index contributed by atoms with van der Waals surface area (Å²) in [5.74, 6) is 2.04. The average Bonchev–Trinajstić information content (AvgIpc) is 3.19. The summed E-state index contributed by atoms with van der Waals surface area (Å²) in [6.45, 7) is 5.12. The molecule has 0 radical (unpaired) electrons. The highest BCUT2D eigenvalue weighted by Crippen LogP contribution is 2.24. The molecule has 8 nitrogen and oxygen atoms in total. The van der Waals surface area contributed by atoms with Gasteiger partial charge in [0.1, 0.15) is 5.75 Å². The van der Waals surface area contributed by atoms with Gasteiger partial charge in [-0.15, -0.1) is 10.2 Å². The molecule has 1 heterocycles. The highest BCUT2D eigenvalue weighted by atomic mass is 32.2. The second-order valence-electron chi connectivity index (χ2n) is 7.78. The van der Waals surface area contributed by atoms with Crippen LogP contribution in [0.5, 0.6) is 5.75 Å². The second kappa shape index (κ2) is 11.2. The fourth-order valence-corrected chi connectivity index (χ4v) is 4.62. The number of ether oxygens (including phenoxy) is 1. The average molecular weight is 446 g/mol. The minimum Gasteiger partial charge on any atom is -0.497 e. The van der Waals surface area contributed by atoms with E-state index in [0.717, 1.165) is 6.42 Å². The zero-order chi connectivity index (χ0) is 22.2. The fourth-order valence-electron chi connectivity index (χ4n) is 3.79. The van der Waals surface area contributed by atoms with E-state index in [1.807, 2.05) is 11.5 Å². The third kappa shape index (κ3) is 6.22. The predicted molar refractivity (Wildman–Crippen MR) is 120 cm³/mol. The number of nitrogens with one attached hydrogen (secondary N) is 2. The molecule has 1 aromatic heterocycles. The Balaban J connectivity index is 1.52. The monoisotopic (exact) mass is 445 g/mol. The van der Waals surface area contributed by atoms with E-state index in [0.29, 0.717) is 40.5 Å². The molecule has 3 rings (SSSR count). The van der Waals surface area contributed by atoms with Gasteiger partial charge in [-0.25, -0.2) is 0 Å². The summed E-state index contributed by atoms with van der Waals surface area (Å²) in [7, 11) is 1.59. The van der Waals surface area contributed by atoms with E-state index < -0.39 is 0 Å². The molecule has 1 aliphatic rings. The van der Waals surface area contributed by atoms with E-state index in [4.69, 9.17) is 4.74 Å². The van der Waals surface area contributed by atoms with Gasteiger partial charge in [0.25, 0.3) is 5.91 Å². The van der Waals surface area contributed by atoms with E-state index >= 15 is 0 Å². The molecule has 9 heteroatoms. The van der Waals surface area contributed by atoms with Crippen molar-refractivity contribution in [3.8, 4) is 5.75 Å². The molecule has 2 aromatic rings. The number of carbonyl (C=O) groups excluding carboxylic acids is 2. The Labute approximate surface area is 187 Å². The first-order chi connectivity index (χ1) is 15.0. The van der Waals surface area contributed by atoms with Gasteiger partial charge in [-0.1, -0.05) is 31.5 Å². The van der Waals surface area contributed by atoms with Crippen molar-refractivity contribution in [2.24, 2.45) is 5.92 Å². The van der Waals surface area contributed by atoms with E-state index in [-0.39, 0.29) is 24.4 Å². The summed E-state index contributed by atoms with van der Waals surface area (Å²) in [5, 5.41) is 15.2. The summed E-state index contributed by atoms with van der Waals surface area (Å²) in [5.41, 5.74) is 0.548. The minimum absolute atomic E-state index is 0.0313. The van der Waals surface area contributed by atoms with Gasteiger partial charge in [0.2, 0.25) is 5.91 Å². The molecule has 2 atom stereocenters. The summed E-state index contributed by atoms with van der Waals surface area (Å²) in [6, 6.07) is 7.20. The van der Waals surface area contributed by atoms with Gasteiger partial charge in [0, 0.05) is 18.2 Å². The highest BCUT2D eigenvalue weighted by molar-refractivity contribution is 7.99. The normalized spacial score (nSPS) is 18.4. The molecule has 2 N–H and O–H groups in total. The molecule has 0 aliphatic heterocycles. The zero-order valence-electron chi connectivity index (χ0n) is 18.4. The number of rotatable bonds is 9. The maximum Gasteiger partial charge on any atom is 0.251 e. The Morgan fingerprint density at radius 1 is 1.19 bits per heavy atom. The molecule has 0 saturated heterocycles. The van der Waals surface area contributed by atoms with Gasteiger partial charge < -0.3 is 19.9 Å². The van der Waals surface area contributed by atoms with Crippen LogP contribution in [0.3, 0.4) is 0 Å². The van der Waals surface area contributed by atoms with Crippen LogP contribution in [0, 0.1) is 5.92 Å². The lowest BCUT2D eigenvalue weighted by atomic mass is 9.86. The number of nitrogens with zero attached hydrogens (tertiary/aromatic N) is 3. The number of thioether (sulfide) groups is 1. The minimum atomic E-state index is -0.191. The lowest BCUT2D eigenvalue weighted by Crippen LogP contribution is -2.41. The molecule has 2 amide bonds. The third-order valence-electron chi connectivity index (χ3n) is 5.66. The lowest BCUT2D eigenvalue weighted by Gasteiger charge is -2.29. The summed E-state index contributed by atoms with van der Waals surface area (Å²) >= 11 is 1.38. The molecule has 31 heavy (non-hydrogen) atoms. The summed E-state index contributed by atoms with van der Waals surface area (Å²) < 4.78 is 7.04. The van der Waals surface area contributed by atoms with Crippen molar-refractivity contribution in [3.05, 3.63) is 35.7 Å². The van der Waals surface area contributed by atoms with Crippen molar-refractivity contribution in [1.82, 2.24) is 25.4 Å². The maximum atomic E-state index is 12.4. The quantitative estimate of drug-likeness (QED) is 0.576. The Bertz CT molecular complexity index is 884. The number of hydrogen-bond donors (Lipinski definition) is 2. The van der Waals surface area contributed by atoms with Crippen molar-refractivity contribution < 1.29 is 14.3 Å². The van der Waals surface area contributed by atoms with Crippen molar-refractivity contribution in [1.29, 1.82) is 0 Å². The molecule has 0 spiro atoms. The predicted octanol–water partition coefficient (Wildman–Crippen LogP) is 3.02. The smallest absolute Gasteiger partial charge is 0.251 e. The van der Waals surface area contributed by atoms with Crippen LogP contribution in [0.4, 0.5) is 0 Å². The Morgan fingerprint density at radius 3 is 2.61 bits per heavy atom. The first kappa shape index (κ1) is 23.1. The van der Waals surface area contributed by atoms with Crippen LogP contribution < -0.4 is 15.4 Å². The molecule has 1 saturated carbocycles. The summed E-state index contributed by atoms with van der Waals surface area (Å²) in [6.07, 6.45) is 4.66.